The fraction of sp³-hybridized carbons (Fsp3) is 0.692. The van der Waals surface area contributed by atoms with Crippen LogP contribution in [0.1, 0.15) is 39.0 Å². The van der Waals surface area contributed by atoms with E-state index in [0.717, 1.165) is 21.3 Å². The van der Waals surface area contributed by atoms with E-state index in [1.165, 1.54) is 32.1 Å². The summed E-state index contributed by atoms with van der Waals surface area (Å²) in [6.07, 6.45) is 9.27. The van der Waals surface area contributed by atoms with Gasteiger partial charge in [0.2, 0.25) is 0 Å². The van der Waals surface area contributed by atoms with Crippen LogP contribution in [0.4, 0.5) is 0 Å². The van der Waals surface area contributed by atoms with Gasteiger partial charge in [0, 0.05) is 43.0 Å². The van der Waals surface area contributed by atoms with Gasteiger partial charge in [-0.25, -0.2) is 0 Å². The molecular formula is C13H26O3Ti. The Morgan fingerprint density at radius 3 is 1.82 bits per heavy atom. The Bertz CT molecular complexity index is 223. The molecule has 2 rings (SSSR count). The van der Waals surface area contributed by atoms with E-state index >= 15 is 0 Å². The summed E-state index contributed by atoms with van der Waals surface area (Å²) in [5, 5.41) is 21.0. The van der Waals surface area contributed by atoms with Gasteiger partial charge in [-0.05, 0) is 44.6 Å². The summed E-state index contributed by atoms with van der Waals surface area (Å²) in [7, 11) is 3.00. The smallest absolute Gasteiger partial charge is 0.0319 e. The first-order chi connectivity index (χ1) is 7.86. The van der Waals surface area contributed by atoms with Gasteiger partial charge in [-0.15, -0.1) is 0 Å². The zero-order valence-corrected chi connectivity index (χ0v) is 13.0. The van der Waals surface area contributed by atoms with Crippen molar-refractivity contribution in [3.05, 3.63) is 22.8 Å². The molecule has 0 fully saturated rings. The van der Waals surface area contributed by atoms with Gasteiger partial charge in [0.05, 0.1) is 0 Å². The van der Waals surface area contributed by atoms with Gasteiger partial charge < -0.3 is 15.3 Å². The second kappa shape index (κ2) is 16.1. The molecule has 0 unspecified atom stereocenters. The third-order valence-electron chi connectivity index (χ3n) is 2.54. The first kappa shape index (κ1) is 22.3. The fourth-order valence-electron chi connectivity index (χ4n) is 2.05. The molecule has 3 nitrogen and oxygen atoms in total. The van der Waals surface area contributed by atoms with Crippen molar-refractivity contribution in [3.63, 3.8) is 0 Å². The van der Waals surface area contributed by atoms with Crippen LogP contribution in [0.5, 0.6) is 0 Å². The van der Waals surface area contributed by atoms with Crippen LogP contribution < -0.4 is 0 Å². The van der Waals surface area contributed by atoms with Gasteiger partial charge in [0.15, 0.2) is 0 Å². The number of rotatable bonds is 0. The van der Waals surface area contributed by atoms with E-state index in [1.54, 1.807) is 16.7 Å². The maximum Gasteiger partial charge on any atom is 0.0319 e. The number of aliphatic hydroxyl groups excluding tert-OH is 3. The molecular weight excluding hydrogens is 252 g/mol. The first-order valence-electron chi connectivity index (χ1n) is 5.58. The number of hydrogen-bond acceptors (Lipinski definition) is 3. The zero-order valence-electron chi connectivity index (χ0n) is 11.5. The van der Waals surface area contributed by atoms with Gasteiger partial charge in [-0.1, -0.05) is 17.2 Å². The maximum absolute atomic E-state index is 7.00. The quantitative estimate of drug-likeness (QED) is 0.594. The summed E-state index contributed by atoms with van der Waals surface area (Å²) in [5.74, 6) is 0. The van der Waals surface area contributed by atoms with Crippen LogP contribution in [0.25, 0.3) is 0 Å². The predicted molar refractivity (Wildman–Crippen MR) is 68.3 cm³/mol. The number of aliphatic hydroxyl groups is 3. The van der Waals surface area contributed by atoms with E-state index in [2.05, 4.69) is 13.0 Å². The molecule has 0 saturated carbocycles. The van der Waals surface area contributed by atoms with Gasteiger partial charge in [0.1, 0.15) is 0 Å². The molecule has 0 spiro atoms. The van der Waals surface area contributed by atoms with Crippen molar-refractivity contribution in [2.45, 2.75) is 39.0 Å². The van der Waals surface area contributed by atoms with Gasteiger partial charge in [-0.2, -0.15) is 0 Å². The Morgan fingerprint density at radius 1 is 0.882 bits per heavy atom. The maximum atomic E-state index is 7.00. The minimum absolute atomic E-state index is 0. The third-order valence-corrected chi connectivity index (χ3v) is 2.54. The largest absolute Gasteiger partial charge is 0.400 e. The molecule has 0 aromatic heterocycles. The molecule has 2 aliphatic carbocycles. The van der Waals surface area contributed by atoms with E-state index in [4.69, 9.17) is 15.3 Å². The van der Waals surface area contributed by atoms with Crippen LogP contribution in [0.3, 0.4) is 0 Å². The van der Waals surface area contributed by atoms with Crippen molar-refractivity contribution >= 4 is 0 Å². The molecule has 17 heavy (non-hydrogen) atoms. The van der Waals surface area contributed by atoms with Crippen molar-refractivity contribution in [2.24, 2.45) is 0 Å². The standard InChI is InChI=1S/C10H14.3CH4O.Ti/c1-8-6-9-4-2-3-5-10(9)7-8;3*1-2;/h6H,2-5,7H2,1H3;3*2H,1H3;. The summed E-state index contributed by atoms with van der Waals surface area (Å²) in [5.41, 5.74) is 4.99. The van der Waals surface area contributed by atoms with E-state index in [9.17, 15) is 0 Å². The van der Waals surface area contributed by atoms with Gasteiger partial charge in [0.25, 0.3) is 0 Å². The van der Waals surface area contributed by atoms with Crippen LogP contribution in [0, 0.1) is 0 Å². The summed E-state index contributed by atoms with van der Waals surface area (Å²) in [6, 6.07) is 0. The third kappa shape index (κ3) is 8.75. The Morgan fingerprint density at radius 2 is 1.35 bits per heavy atom. The summed E-state index contributed by atoms with van der Waals surface area (Å²) >= 11 is 0. The molecule has 0 radical (unpaired) electrons. The molecule has 0 atom stereocenters. The van der Waals surface area contributed by atoms with Crippen molar-refractivity contribution in [3.8, 4) is 0 Å². The molecule has 4 heteroatoms. The van der Waals surface area contributed by atoms with Crippen LogP contribution in [0.15, 0.2) is 22.8 Å². The summed E-state index contributed by atoms with van der Waals surface area (Å²) in [6.45, 7) is 2.25. The van der Waals surface area contributed by atoms with E-state index in [1.807, 2.05) is 0 Å². The SMILES string of the molecule is CC1=CC2=C(CCCC2)C1.CO.CO.CO.[Ti]. The molecule has 0 heterocycles. The second-order valence-corrected chi connectivity index (χ2v) is 3.50. The molecule has 0 aliphatic heterocycles. The average Bonchev–Trinajstić information content (AvgIpc) is 2.76. The van der Waals surface area contributed by atoms with Crippen molar-refractivity contribution in [1.29, 1.82) is 0 Å². The van der Waals surface area contributed by atoms with Crippen LogP contribution in [0.2, 0.25) is 0 Å². The van der Waals surface area contributed by atoms with E-state index in [0.29, 0.717) is 0 Å². The van der Waals surface area contributed by atoms with Gasteiger partial charge in [-0.3, -0.25) is 0 Å². The molecule has 3 N–H and O–H groups in total. The second-order valence-electron chi connectivity index (χ2n) is 3.50. The molecule has 0 amide bonds. The molecule has 2 aliphatic rings. The molecule has 0 bridgehead atoms. The van der Waals surface area contributed by atoms with E-state index < -0.39 is 0 Å². The Kier molecular flexibility index (Phi) is 21.1. The van der Waals surface area contributed by atoms with Crippen LogP contribution >= 0.6 is 0 Å². The number of hydrogen-bond donors (Lipinski definition) is 3. The molecule has 0 saturated heterocycles. The molecule has 0 aromatic rings. The Balaban J connectivity index is -0.000000248. The minimum atomic E-state index is 0. The van der Waals surface area contributed by atoms with Crippen molar-refractivity contribution < 1.29 is 37.0 Å². The number of allylic oxidation sites excluding steroid dienone is 4. The molecule has 100 valence electrons. The van der Waals surface area contributed by atoms with E-state index in [-0.39, 0.29) is 21.7 Å². The van der Waals surface area contributed by atoms with Crippen LogP contribution in [-0.4, -0.2) is 36.6 Å². The zero-order chi connectivity index (χ0) is 13.0. The Hall–Kier alpha value is 0.0743. The minimum Gasteiger partial charge on any atom is -0.400 e. The van der Waals surface area contributed by atoms with Crippen LogP contribution in [-0.2, 0) is 21.7 Å². The summed E-state index contributed by atoms with van der Waals surface area (Å²) in [4.78, 5) is 0. The van der Waals surface area contributed by atoms with Gasteiger partial charge >= 0.3 is 0 Å². The summed E-state index contributed by atoms with van der Waals surface area (Å²) < 4.78 is 0. The van der Waals surface area contributed by atoms with Crippen molar-refractivity contribution in [2.75, 3.05) is 21.3 Å². The van der Waals surface area contributed by atoms with Crippen molar-refractivity contribution in [1.82, 2.24) is 0 Å². The fourth-order valence-corrected chi connectivity index (χ4v) is 2.05. The molecule has 0 aromatic carbocycles. The normalized spacial score (nSPS) is 15.6. The Labute approximate surface area is 120 Å². The average molecular weight is 278 g/mol. The predicted octanol–water partition coefficient (Wildman–Crippen LogP) is 2.03. The first-order valence-corrected chi connectivity index (χ1v) is 5.58. The topological polar surface area (TPSA) is 60.7 Å². The monoisotopic (exact) mass is 278 g/mol.